The summed E-state index contributed by atoms with van der Waals surface area (Å²) in [6, 6.07) is 9.75. The average molecular weight is 284 g/mol. The lowest BCUT2D eigenvalue weighted by Gasteiger charge is -2.40. The number of nitrogens with zero attached hydrogens (tertiary/aromatic N) is 2. The zero-order valence-corrected chi connectivity index (χ0v) is 13.7. The standard InChI is InChI=1S/C19H28N2/c1-19(2,3)20-14-21-13-7-11-17-16-10-5-4-8-15(16)9-6-12-18(17)21/h4-5,8,10,14,17-18H,6-7,9,11-13H2,1-3H3. The average Bonchev–Trinajstić information content (AvgIpc) is 2.64. The molecule has 1 aromatic carbocycles. The van der Waals surface area contributed by atoms with Crippen LogP contribution in [0.4, 0.5) is 0 Å². The molecule has 0 bridgehead atoms. The molecule has 0 amide bonds. The topological polar surface area (TPSA) is 15.6 Å². The molecule has 1 saturated heterocycles. The van der Waals surface area contributed by atoms with Crippen LogP contribution >= 0.6 is 0 Å². The minimum Gasteiger partial charge on any atom is -0.359 e. The number of aryl methyl sites for hydroxylation is 1. The van der Waals surface area contributed by atoms with Crippen LogP contribution in [0.15, 0.2) is 29.3 Å². The first kappa shape index (κ1) is 14.6. The highest BCUT2D eigenvalue weighted by Gasteiger charge is 2.33. The molecule has 2 aliphatic rings. The van der Waals surface area contributed by atoms with E-state index < -0.39 is 0 Å². The van der Waals surface area contributed by atoms with Crippen molar-refractivity contribution in [2.75, 3.05) is 6.54 Å². The van der Waals surface area contributed by atoms with Crippen molar-refractivity contribution >= 4 is 6.34 Å². The van der Waals surface area contributed by atoms with Crippen molar-refractivity contribution in [3.8, 4) is 0 Å². The highest BCUT2D eigenvalue weighted by atomic mass is 15.2. The largest absolute Gasteiger partial charge is 0.359 e. The van der Waals surface area contributed by atoms with Gasteiger partial charge in [-0.15, -0.1) is 0 Å². The molecule has 0 spiro atoms. The third-order valence-electron chi connectivity index (χ3n) is 4.82. The first-order chi connectivity index (χ1) is 10.0. The molecule has 0 aromatic heterocycles. The second-order valence-electron chi connectivity index (χ2n) is 7.56. The molecule has 1 aliphatic heterocycles. The summed E-state index contributed by atoms with van der Waals surface area (Å²) < 4.78 is 0. The monoisotopic (exact) mass is 284 g/mol. The van der Waals surface area contributed by atoms with Gasteiger partial charge in [-0.25, -0.2) is 0 Å². The van der Waals surface area contributed by atoms with Crippen LogP contribution in [0.1, 0.15) is 63.5 Å². The molecule has 3 rings (SSSR count). The molecule has 21 heavy (non-hydrogen) atoms. The summed E-state index contributed by atoms with van der Waals surface area (Å²) in [5.41, 5.74) is 3.21. The van der Waals surface area contributed by atoms with E-state index in [9.17, 15) is 0 Å². The van der Waals surface area contributed by atoms with Crippen molar-refractivity contribution in [3.63, 3.8) is 0 Å². The van der Waals surface area contributed by atoms with Gasteiger partial charge in [-0.2, -0.15) is 0 Å². The predicted molar refractivity (Wildman–Crippen MR) is 90.1 cm³/mol. The molecule has 1 fully saturated rings. The smallest absolute Gasteiger partial charge is 0.0859 e. The van der Waals surface area contributed by atoms with Crippen LogP contribution in [-0.2, 0) is 6.42 Å². The molecule has 2 heteroatoms. The van der Waals surface area contributed by atoms with E-state index in [2.05, 4.69) is 56.3 Å². The number of likely N-dealkylation sites (tertiary alicyclic amines) is 1. The number of aliphatic imine (C=N–C) groups is 1. The van der Waals surface area contributed by atoms with Crippen LogP contribution < -0.4 is 0 Å². The Labute approximate surface area is 129 Å². The fourth-order valence-electron chi connectivity index (χ4n) is 3.83. The van der Waals surface area contributed by atoms with E-state index in [-0.39, 0.29) is 5.54 Å². The number of hydrogen-bond acceptors (Lipinski definition) is 1. The molecule has 2 nitrogen and oxygen atoms in total. The first-order valence-electron chi connectivity index (χ1n) is 8.43. The second-order valence-corrected chi connectivity index (χ2v) is 7.56. The molecule has 0 N–H and O–H groups in total. The summed E-state index contributed by atoms with van der Waals surface area (Å²) in [6.07, 6.45) is 8.61. The Morgan fingerprint density at radius 1 is 1.14 bits per heavy atom. The lowest BCUT2D eigenvalue weighted by Crippen LogP contribution is -2.43. The van der Waals surface area contributed by atoms with Gasteiger partial charge < -0.3 is 4.90 Å². The van der Waals surface area contributed by atoms with Gasteiger partial charge >= 0.3 is 0 Å². The van der Waals surface area contributed by atoms with Crippen LogP contribution in [0.3, 0.4) is 0 Å². The molecule has 0 saturated carbocycles. The van der Waals surface area contributed by atoms with Gasteiger partial charge in [0.25, 0.3) is 0 Å². The summed E-state index contributed by atoms with van der Waals surface area (Å²) >= 11 is 0. The van der Waals surface area contributed by atoms with Crippen molar-refractivity contribution in [1.82, 2.24) is 4.90 Å². The van der Waals surface area contributed by atoms with E-state index in [1.54, 1.807) is 11.1 Å². The van der Waals surface area contributed by atoms with Crippen LogP contribution in [0.5, 0.6) is 0 Å². The maximum atomic E-state index is 4.76. The Bertz CT molecular complexity index is 513. The van der Waals surface area contributed by atoms with Crippen LogP contribution in [0, 0.1) is 0 Å². The van der Waals surface area contributed by atoms with Gasteiger partial charge in [-0.1, -0.05) is 24.3 Å². The fourth-order valence-corrected chi connectivity index (χ4v) is 3.83. The van der Waals surface area contributed by atoms with Gasteiger partial charge in [0.1, 0.15) is 0 Å². The summed E-state index contributed by atoms with van der Waals surface area (Å²) in [7, 11) is 0. The molecule has 2 unspecified atom stereocenters. The van der Waals surface area contributed by atoms with Crippen LogP contribution in [0.2, 0.25) is 0 Å². The van der Waals surface area contributed by atoms with Crippen LogP contribution in [-0.4, -0.2) is 29.4 Å². The quantitative estimate of drug-likeness (QED) is 0.551. The first-order valence-corrected chi connectivity index (χ1v) is 8.43. The Balaban J connectivity index is 1.87. The molecule has 1 heterocycles. The number of fused-ring (bicyclic) bond motifs is 3. The van der Waals surface area contributed by atoms with Crippen molar-refractivity contribution < 1.29 is 0 Å². The van der Waals surface area contributed by atoms with Gasteiger partial charge in [-0.3, -0.25) is 4.99 Å². The molecule has 2 atom stereocenters. The van der Waals surface area contributed by atoms with Gasteiger partial charge in [0, 0.05) is 18.5 Å². The van der Waals surface area contributed by atoms with Crippen molar-refractivity contribution in [2.24, 2.45) is 4.99 Å². The highest BCUT2D eigenvalue weighted by Crippen LogP contribution is 2.39. The SMILES string of the molecule is CC(C)(C)N=CN1CCCC2c3ccccc3CCCC21. The molecular formula is C19H28N2. The van der Waals surface area contributed by atoms with E-state index in [1.165, 1.54) is 38.6 Å². The van der Waals surface area contributed by atoms with Gasteiger partial charge in [0.05, 0.1) is 11.9 Å². The number of rotatable bonds is 1. The normalized spacial score (nSPS) is 26.3. The fraction of sp³-hybridized carbons (Fsp3) is 0.632. The number of benzene rings is 1. The molecule has 1 aliphatic carbocycles. The van der Waals surface area contributed by atoms with E-state index in [1.807, 2.05) is 0 Å². The predicted octanol–water partition coefficient (Wildman–Crippen LogP) is 4.40. The van der Waals surface area contributed by atoms with Crippen LogP contribution in [0.25, 0.3) is 0 Å². The van der Waals surface area contributed by atoms with Crippen molar-refractivity contribution in [2.45, 2.75) is 70.4 Å². The number of piperidine rings is 1. The highest BCUT2D eigenvalue weighted by molar-refractivity contribution is 5.57. The minimum atomic E-state index is 0.0234. The number of hydrogen-bond donors (Lipinski definition) is 0. The summed E-state index contributed by atoms with van der Waals surface area (Å²) in [4.78, 5) is 7.29. The van der Waals surface area contributed by atoms with Crippen molar-refractivity contribution in [1.29, 1.82) is 0 Å². The lowest BCUT2D eigenvalue weighted by molar-refractivity contribution is 0.205. The summed E-state index contributed by atoms with van der Waals surface area (Å²) in [6.45, 7) is 7.69. The van der Waals surface area contributed by atoms with Gasteiger partial charge in [0.15, 0.2) is 0 Å². The minimum absolute atomic E-state index is 0.0234. The van der Waals surface area contributed by atoms with Gasteiger partial charge in [-0.05, 0) is 64.0 Å². The Kier molecular flexibility index (Phi) is 4.05. The summed E-state index contributed by atoms with van der Waals surface area (Å²) in [5, 5.41) is 0. The Morgan fingerprint density at radius 2 is 1.95 bits per heavy atom. The summed E-state index contributed by atoms with van der Waals surface area (Å²) in [5.74, 6) is 0.698. The maximum Gasteiger partial charge on any atom is 0.0859 e. The third-order valence-corrected chi connectivity index (χ3v) is 4.82. The zero-order chi connectivity index (χ0) is 14.9. The van der Waals surface area contributed by atoms with E-state index in [0.29, 0.717) is 12.0 Å². The molecular weight excluding hydrogens is 256 g/mol. The second kappa shape index (κ2) is 5.82. The Hall–Kier alpha value is -1.31. The third kappa shape index (κ3) is 3.30. The molecule has 114 valence electrons. The maximum absolute atomic E-state index is 4.76. The van der Waals surface area contributed by atoms with Crippen molar-refractivity contribution in [3.05, 3.63) is 35.4 Å². The zero-order valence-electron chi connectivity index (χ0n) is 13.7. The molecule has 0 radical (unpaired) electrons. The lowest BCUT2D eigenvalue weighted by atomic mass is 9.82. The Morgan fingerprint density at radius 3 is 2.76 bits per heavy atom. The van der Waals surface area contributed by atoms with E-state index >= 15 is 0 Å². The molecule has 1 aromatic rings. The van der Waals surface area contributed by atoms with E-state index in [0.717, 1.165) is 0 Å². The van der Waals surface area contributed by atoms with E-state index in [4.69, 9.17) is 4.99 Å². The van der Waals surface area contributed by atoms with Gasteiger partial charge in [0.2, 0.25) is 0 Å².